The summed E-state index contributed by atoms with van der Waals surface area (Å²) in [6, 6.07) is 13.0. The van der Waals surface area contributed by atoms with E-state index in [2.05, 4.69) is 27.8 Å². The first-order valence-electron chi connectivity index (χ1n) is 9.98. The summed E-state index contributed by atoms with van der Waals surface area (Å²) in [7, 11) is 3.42. The summed E-state index contributed by atoms with van der Waals surface area (Å²) in [5, 5.41) is 6.79. The molecule has 2 N–H and O–H groups in total. The molecule has 0 amide bonds. The van der Waals surface area contributed by atoms with Crippen molar-refractivity contribution in [1.29, 1.82) is 0 Å². The Morgan fingerprint density at radius 2 is 1.83 bits per heavy atom. The summed E-state index contributed by atoms with van der Waals surface area (Å²) in [6.07, 6.45) is 2.19. The summed E-state index contributed by atoms with van der Waals surface area (Å²) in [5.41, 5.74) is 3.46. The van der Waals surface area contributed by atoms with Crippen LogP contribution in [0.2, 0.25) is 0 Å². The number of rotatable bonds is 9. The first-order chi connectivity index (χ1) is 14.1. The highest BCUT2D eigenvalue weighted by Gasteiger charge is 2.44. The number of hydrogen-bond donors (Lipinski definition) is 2. The van der Waals surface area contributed by atoms with E-state index in [9.17, 15) is 4.39 Å². The summed E-state index contributed by atoms with van der Waals surface area (Å²) in [5.74, 6) is 1.40. The zero-order valence-corrected chi connectivity index (χ0v) is 20.2. The Kier molecular flexibility index (Phi) is 9.36. The molecule has 0 atom stereocenters. The second-order valence-electron chi connectivity index (χ2n) is 7.52. The van der Waals surface area contributed by atoms with Crippen molar-refractivity contribution in [2.24, 2.45) is 4.99 Å². The third-order valence-electron chi connectivity index (χ3n) is 5.34. The van der Waals surface area contributed by atoms with Gasteiger partial charge in [0.15, 0.2) is 5.96 Å². The zero-order valence-electron chi connectivity index (χ0n) is 17.8. The maximum Gasteiger partial charge on any atom is 0.191 e. The van der Waals surface area contributed by atoms with Gasteiger partial charge in [0.05, 0.1) is 6.61 Å². The third kappa shape index (κ3) is 6.57. The van der Waals surface area contributed by atoms with E-state index in [0.717, 1.165) is 42.2 Å². The van der Waals surface area contributed by atoms with Crippen molar-refractivity contribution in [3.63, 3.8) is 0 Å². The minimum absolute atomic E-state index is 0. The van der Waals surface area contributed by atoms with E-state index in [1.165, 1.54) is 17.7 Å². The van der Waals surface area contributed by atoms with Crippen molar-refractivity contribution in [3.05, 3.63) is 65.0 Å². The molecular weight excluding hydrogens is 496 g/mol. The molecule has 3 rings (SSSR count). The fourth-order valence-electron chi connectivity index (χ4n) is 3.35. The molecule has 7 heteroatoms. The Morgan fingerprint density at radius 3 is 2.47 bits per heavy atom. The predicted octanol–water partition coefficient (Wildman–Crippen LogP) is 4.17. The van der Waals surface area contributed by atoms with Crippen molar-refractivity contribution < 1.29 is 13.9 Å². The number of nitrogens with zero attached hydrogens (tertiary/aromatic N) is 1. The molecule has 0 spiro atoms. The van der Waals surface area contributed by atoms with Crippen LogP contribution in [0.25, 0.3) is 0 Å². The van der Waals surface area contributed by atoms with Crippen LogP contribution in [0.15, 0.2) is 47.5 Å². The van der Waals surface area contributed by atoms with E-state index < -0.39 is 0 Å². The number of halogens is 2. The van der Waals surface area contributed by atoms with Crippen LogP contribution in [0.4, 0.5) is 4.39 Å². The van der Waals surface area contributed by atoms with Gasteiger partial charge in [-0.05, 0) is 49.1 Å². The SMILES string of the molecule is CN=C(NCc1ccc(C)cc1OCCOC)NCC1(c2ccc(F)cc2)CC1.I. The standard InChI is InChI=1S/C23H30FN3O2.HI/c1-17-4-5-18(21(14-17)29-13-12-28-3)15-26-22(25-2)27-16-23(10-11-23)19-6-8-20(24)9-7-19;/h4-9,14H,10-13,15-16H2,1-3H3,(H2,25,26,27);1H. The lowest BCUT2D eigenvalue weighted by Gasteiger charge is -2.20. The first-order valence-corrected chi connectivity index (χ1v) is 9.98. The summed E-state index contributed by atoms with van der Waals surface area (Å²) >= 11 is 0. The van der Waals surface area contributed by atoms with E-state index in [1.54, 1.807) is 14.2 Å². The number of guanidine groups is 1. The van der Waals surface area contributed by atoms with Gasteiger partial charge < -0.3 is 20.1 Å². The summed E-state index contributed by atoms with van der Waals surface area (Å²) in [4.78, 5) is 4.34. The van der Waals surface area contributed by atoms with Crippen molar-refractivity contribution in [2.75, 3.05) is 33.9 Å². The molecule has 2 aromatic rings. The molecule has 0 bridgehead atoms. The Balaban J connectivity index is 0.00000320. The monoisotopic (exact) mass is 527 g/mol. The van der Waals surface area contributed by atoms with Gasteiger partial charge in [-0.25, -0.2) is 4.39 Å². The number of benzene rings is 2. The maximum atomic E-state index is 13.2. The molecule has 30 heavy (non-hydrogen) atoms. The molecule has 1 saturated carbocycles. The number of ether oxygens (including phenoxy) is 2. The van der Waals surface area contributed by atoms with Crippen molar-refractivity contribution in [3.8, 4) is 5.75 Å². The van der Waals surface area contributed by atoms with Crippen LogP contribution in [0, 0.1) is 12.7 Å². The molecule has 5 nitrogen and oxygen atoms in total. The van der Waals surface area contributed by atoms with E-state index in [4.69, 9.17) is 9.47 Å². The zero-order chi connectivity index (χ0) is 20.7. The molecule has 0 heterocycles. The predicted molar refractivity (Wildman–Crippen MR) is 129 cm³/mol. The lowest BCUT2D eigenvalue weighted by Crippen LogP contribution is -2.41. The van der Waals surface area contributed by atoms with Crippen molar-refractivity contribution in [2.45, 2.75) is 31.7 Å². The van der Waals surface area contributed by atoms with Crippen LogP contribution in [0.1, 0.15) is 29.5 Å². The van der Waals surface area contributed by atoms with Gasteiger partial charge in [-0.3, -0.25) is 4.99 Å². The van der Waals surface area contributed by atoms with E-state index in [0.29, 0.717) is 19.8 Å². The molecular formula is C23H31FIN3O2. The lowest BCUT2D eigenvalue weighted by atomic mass is 9.96. The topological polar surface area (TPSA) is 54.9 Å². The highest BCUT2D eigenvalue weighted by Crippen LogP contribution is 2.47. The Morgan fingerprint density at radius 1 is 1.10 bits per heavy atom. The molecule has 0 aromatic heterocycles. The molecule has 1 fully saturated rings. The first kappa shape index (κ1) is 24.4. The van der Waals surface area contributed by atoms with Gasteiger partial charge in [0.25, 0.3) is 0 Å². The molecule has 2 aromatic carbocycles. The molecule has 1 aliphatic rings. The van der Waals surface area contributed by atoms with Gasteiger partial charge in [-0.15, -0.1) is 24.0 Å². The Labute approximate surface area is 195 Å². The number of hydrogen-bond acceptors (Lipinski definition) is 3. The average Bonchev–Trinajstić information content (AvgIpc) is 3.51. The number of aliphatic imine (C=N–C) groups is 1. The van der Waals surface area contributed by atoms with Crippen LogP contribution >= 0.6 is 24.0 Å². The fourth-order valence-corrected chi connectivity index (χ4v) is 3.35. The van der Waals surface area contributed by atoms with Crippen molar-refractivity contribution >= 4 is 29.9 Å². The van der Waals surface area contributed by atoms with Gasteiger partial charge in [0, 0.05) is 38.2 Å². The molecule has 1 aliphatic carbocycles. The van der Waals surface area contributed by atoms with E-state index in [-0.39, 0.29) is 35.2 Å². The normalized spacial score (nSPS) is 14.6. The highest BCUT2D eigenvalue weighted by molar-refractivity contribution is 14.0. The van der Waals surface area contributed by atoms with Gasteiger partial charge in [-0.2, -0.15) is 0 Å². The minimum Gasteiger partial charge on any atom is -0.491 e. The fraction of sp³-hybridized carbons (Fsp3) is 0.435. The Bertz CT molecular complexity index is 839. The van der Waals surface area contributed by atoms with Crippen LogP contribution in [-0.4, -0.2) is 39.9 Å². The summed E-state index contributed by atoms with van der Waals surface area (Å²) in [6.45, 7) is 4.48. The molecule has 0 aliphatic heterocycles. The lowest BCUT2D eigenvalue weighted by molar-refractivity contribution is 0.145. The molecule has 164 valence electrons. The largest absolute Gasteiger partial charge is 0.491 e. The van der Waals surface area contributed by atoms with Gasteiger partial charge in [0.1, 0.15) is 18.2 Å². The van der Waals surface area contributed by atoms with Crippen LogP contribution in [-0.2, 0) is 16.7 Å². The van der Waals surface area contributed by atoms with Crippen molar-refractivity contribution in [1.82, 2.24) is 10.6 Å². The number of aryl methyl sites for hydroxylation is 1. The third-order valence-corrected chi connectivity index (χ3v) is 5.34. The van der Waals surface area contributed by atoms with Gasteiger partial charge in [0.2, 0.25) is 0 Å². The number of methoxy groups -OCH3 is 1. The molecule has 0 unspecified atom stereocenters. The quantitative estimate of drug-likeness (QED) is 0.223. The van der Waals surface area contributed by atoms with Crippen LogP contribution < -0.4 is 15.4 Å². The van der Waals surface area contributed by atoms with Gasteiger partial charge >= 0.3 is 0 Å². The average molecular weight is 527 g/mol. The van der Waals surface area contributed by atoms with Crippen LogP contribution in [0.5, 0.6) is 5.75 Å². The summed E-state index contributed by atoms with van der Waals surface area (Å²) < 4.78 is 24.2. The van der Waals surface area contributed by atoms with Crippen LogP contribution in [0.3, 0.4) is 0 Å². The number of nitrogens with one attached hydrogen (secondary N) is 2. The molecule has 0 radical (unpaired) electrons. The minimum atomic E-state index is -0.198. The second kappa shape index (κ2) is 11.5. The second-order valence-corrected chi connectivity index (χ2v) is 7.52. The Hall–Kier alpha value is -1.87. The smallest absolute Gasteiger partial charge is 0.191 e. The molecule has 0 saturated heterocycles. The van der Waals surface area contributed by atoms with E-state index >= 15 is 0 Å². The highest BCUT2D eigenvalue weighted by atomic mass is 127. The van der Waals surface area contributed by atoms with E-state index in [1.807, 2.05) is 25.1 Å². The van der Waals surface area contributed by atoms with Gasteiger partial charge in [-0.1, -0.05) is 24.3 Å². The maximum absolute atomic E-state index is 13.2.